The molecule has 3 nitrogen and oxygen atoms in total. The SMILES string of the molecule is O=C(CCNc1ccc(F)c(F)c1)Nc1ccc(Cl)cc1C(F)(F)F. The fraction of sp³-hybridized carbons (Fsp3) is 0.188. The lowest BCUT2D eigenvalue weighted by Crippen LogP contribution is -2.19. The molecule has 9 heteroatoms. The quantitative estimate of drug-likeness (QED) is 0.712. The zero-order valence-corrected chi connectivity index (χ0v) is 13.3. The molecular formula is C16H12ClF5N2O. The fourth-order valence-corrected chi connectivity index (χ4v) is 2.17. The van der Waals surface area contributed by atoms with Crippen LogP contribution in [0.15, 0.2) is 36.4 Å². The van der Waals surface area contributed by atoms with E-state index in [1.807, 2.05) is 0 Å². The number of benzene rings is 2. The lowest BCUT2D eigenvalue weighted by atomic mass is 10.1. The number of alkyl halides is 3. The molecule has 0 aliphatic carbocycles. The van der Waals surface area contributed by atoms with Crippen molar-refractivity contribution in [2.45, 2.75) is 12.6 Å². The Bertz CT molecular complexity index is 780. The van der Waals surface area contributed by atoms with Crippen LogP contribution in [0.1, 0.15) is 12.0 Å². The Morgan fingerprint density at radius 3 is 2.40 bits per heavy atom. The Balaban J connectivity index is 1.95. The van der Waals surface area contributed by atoms with Gasteiger partial charge in [0.15, 0.2) is 11.6 Å². The van der Waals surface area contributed by atoms with E-state index in [2.05, 4.69) is 10.6 Å². The zero-order chi connectivity index (χ0) is 18.6. The molecule has 0 spiro atoms. The Labute approximate surface area is 144 Å². The van der Waals surface area contributed by atoms with Gasteiger partial charge in [-0.25, -0.2) is 8.78 Å². The molecule has 0 radical (unpaired) electrons. The summed E-state index contributed by atoms with van der Waals surface area (Å²) in [5.41, 5.74) is -1.22. The van der Waals surface area contributed by atoms with E-state index in [-0.39, 0.29) is 23.7 Å². The van der Waals surface area contributed by atoms with Crippen molar-refractivity contribution in [3.05, 3.63) is 58.6 Å². The van der Waals surface area contributed by atoms with Crippen LogP contribution in [0.3, 0.4) is 0 Å². The Morgan fingerprint density at radius 1 is 1.04 bits per heavy atom. The number of halogens is 6. The van der Waals surface area contributed by atoms with Crippen molar-refractivity contribution >= 4 is 28.9 Å². The molecule has 2 aromatic rings. The molecule has 134 valence electrons. The van der Waals surface area contributed by atoms with Crippen molar-refractivity contribution in [3.63, 3.8) is 0 Å². The molecule has 2 N–H and O–H groups in total. The number of anilines is 2. The number of hydrogen-bond acceptors (Lipinski definition) is 2. The molecule has 0 atom stereocenters. The molecule has 0 saturated heterocycles. The molecule has 0 heterocycles. The van der Waals surface area contributed by atoms with Gasteiger partial charge in [0.25, 0.3) is 0 Å². The minimum absolute atomic E-state index is 0.0197. The van der Waals surface area contributed by atoms with Gasteiger partial charge in [0, 0.05) is 23.7 Å². The summed E-state index contributed by atoms with van der Waals surface area (Å²) < 4.78 is 64.6. The van der Waals surface area contributed by atoms with E-state index >= 15 is 0 Å². The minimum atomic E-state index is -4.67. The number of rotatable bonds is 5. The molecule has 0 aliphatic rings. The van der Waals surface area contributed by atoms with Crippen molar-refractivity contribution in [3.8, 4) is 0 Å². The molecule has 2 rings (SSSR count). The summed E-state index contributed by atoms with van der Waals surface area (Å²) in [6.45, 7) is 0.0197. The second-order valence-corrected chi connectivity index (χ2v) is 5.48. The second kappa shape index (κ2) is 7.69. The molecular weight excluding hydrogens is 367 g/mol. The van der Waals surface area contributed by atoms with Gasteiger partial charge in [-0.3, -0.25) is 4.79 Å². The Morgan fingerprint density at radius 2 is 1.76 bits per heavy atom. The lowest BCUT2D eigenvalue weighted by Gasteiger charge is -2.14. The van der Waals surface area contributed by atoms with Crippen LogP contribution in [0.4, 0.5) is 33.3 Å². The van der Waals surface area contributed by atoms with E-state index in [1.54, 1.807) is 0 Å². The van der Waals surface area contributed by atoms with E-state index in [4.69, 9.17) is 11.6 Å². The van der Waals surface area contributed by atoms with Gasteiger partial charge in [-0.2, -0.15) is 13.2 Å². The van der Waals surface area contributed by atoms with Crippen LogP contribution in [0, 0.1) is 11.6 Å². The smallest absolute Gasteiger partial charge is 0.384 e. The van der Waals surface area contributed by atoms with Crippen molar-refractivity contribution in [2.24, 2.45) is 0 Å². The minimum Gasteiger partial charge on any atom is -0.384 e. The molecule has 0 aromatic heterocycles. The van der Waals surface area contributed by atoms with Crippen molar-refractivity contribution in [2.75, 3.05) is 17.2 Å². The number of carbonyl (C=O) groups is 1. The Kier molecular flexibility index (Phi) is 5.84. The van der Waals surface area contributed by atoms with E-state index in [9.17, 15) is 26.7 Å². The van der Waals surface area contributed by atoms with E-state index in [0.717, 1.165) is 24.3 Å². The van der Waals surface area contributed by atoms with Crippen LogP contribution < -0.4 is 10.6 Å². The van der Waals surface area contributed by atoms with Crippen molar-refractivity contribution in [1.29, 1.82) is 0 Å². The van der Waals surface area contributed by atoms with Gasteiger partial charge < -0.3 is 10.6 Å². The van der Waals surface area contributed by atoms with Gasteiger partial charge in [-0.15, -0.1) is 0 Å². The molecule has 0 fully saturated rings. The monoisotopic (exact) mass is 378 g/mol. The third-order valence-electron chi connectivity index (χ3n) is 3.16. The first-order valence-electron chi connectivity index (χ1n) is 7.02. The summed E-state index contributed by atoms with van der Waals surface area (Å²) in [5.74, 6) is -2.74. The highest BCUT2D eigenvalue weighted by Gasteiger charge is 2.34. The number of nitrogens with one attached hydrogen (secondary N) is 2. The summed E-state index contributed by atoms with van der Waals surface area (Å²) in [4.78, 5) is 11.8. The predicted octanol–water partition coefficient (Wildman–Crippen LogP) is 5.08. The molecule has 2 aromatic carbocycles. The van der Waals surface area contributed by atoms with Crippen molar-refractivity contribution < 1.29 is 26.7 Å². The highest BCUT2D eigenvalue weighted by Crippen LogP contribution is 2.36. The van der Waals surface area contributed by atoms with Crippen LogP contribution in [-0.2, 0) is 11.0 Å². The zero-order valence-electron chi connectivity index (χ0n) is 12.6. The van der Waals surface area contributed by atoms with E-state index in [1.165, 1.54) is 12.1 Å². The average Bonchev–Trinajstić information content (AvgIpc) is 2.51. The number of amides is 1. The highest BCUT2D eigenvalue weighted by molar-refractivity contribution is 6.30. The van der Waals surface area contributed by atoms with Crippen LogP contribution in [0.2, 0.25) is 5.02 Å². The first-order chi connectivity index (χ1) is 11.7. The summed E-state index contributed by atoms with van der Waals surface area (Å²) in [6.07, 6.45) is -4.85. The first kappa shape index (κ1) is 19.0. The fourth-order valence-electron chi connectivity index (χ4n) is 2.00. The standard InChI is InChI=1S/C16H12ClF5N2O/c17-9-1-4-14(11(7-9)16(20,21)22)24-15(25)5-6-23-10-2-3-12(18)13(19)8-10/h1-4,7-8,23H,5-6H2,(H,24,25). The van der Waals surface area contributed by atoms with Gasteiger partial charge in [0.1, 0.15) is 0 Å². The molecule has 0 saturated carbocycles. The molecule has 0 bridgehead atoms. The third-order valence-corrected chi connectivity index (χ3v) is 3.40. The maximum absolute atomic E-state index is 13.0. The molecule has 0 aliphatic heterocycles. The molecule has 1 amide bonds. The normalized spacial score (nSPS) is 11.3. The predicted molar refractivity (Wildman–Crippen MR) is 84.5 cm³/mol. The van der Waals surface area contributed by atoms with Crippen LogP contribution >= 0.6 is 11.6 Å². The summed E-state index contributed by atoms with van der Waals surface area (Å²) in [6, 6.07) is 6.11. The van der Waals surface area contributed by atoms with Gasteiger partial charge >= 0.3 is 6.18 Å². The third kappa shape index (κ3) is 5.32. The number of carbonyl (C=O) groups excluding carboxylic acids is 1. The second-order valence-electron chi connectivity index (χ2n) is 5.04. The maximum Gasteiger partial charge on any atom is 0.418 e. The summed E-state index contributed by atoms with van der Waals surface area (Å²) >= 11 is 5.55. The highest BCUT2D eigenvalue weighted by atomic mass is 35.5. The largest absolute Gasteiger partial charge is 0.418 e. The van der Waals surface area contributed by atoms with Gasteiger partial charge in [0.05, 0.1) is 11.3 Å². The topological polar surface area (TPSA) is 41.1 Å². The van der Waals surface area contributed by atoms with Gasteiger partial charge in [0.2, 0.25) is 5.91 Å². The van der Waals surface area contributed by atoms with Crippen LogP contribution in [0.5, 0.6) is 0 Å². The summed E-state index contributed by atoms with van der Waals surface area (Å²) in [5, 5.41) is 4.73. The maximum atomic E-state index is 13.0. The van der Waals surface area contributed by atoms with Crippen LogP contribution in [-0.4, -0.2) is 12.5 Å². The summed E-state index contributed by atoms with van der Waals surface area (Å²) in [7, 11) is 0. The molecule has 0 unspecified atom stereocenters. The van der Waals surface area contributed by atoms with Gasteiger partial charge in [-0.05, 0) is 36.4 Å². The average molecular weight is 379 g/mol. The lowest BCUT2D eigenvalue weighted by molar-refractivity contribution is -0.137. The van der Waals surface area contributed by atoms with E-state index in [0.29, 0.717) is 0 Å². The molecule has 25 heavy (non-hydrogen) atoms. The first-order valence-corrected chi connectivity index (χ1v) is 7.40. The Hall–Kier alpha value is -2.35. The number of hydrogen-bond donors (Lipinski definition) is 2. The van der Waals surface area contributed by atoms with Crippen LogP contribution in [0.25, 0.3) is 0 Å². The van der Waals surface area contributed by atoms with Gasteiger partial charge in [-0.1, -0.05) is 11.6 Å². The van der Waals surface area contributed by atoms with Crippen molar-refractivity contribution in [1.82, 2.24) is 0 Å². The van der Waals surface area contributed by atoms with E-state index < -0.39 is 35.0 Å².